The average molecular weight is 899 g/mol. The monoisotopic (exact) mass is 898 g/mol. The fourth-order valence-corrected chi connectivity index (χ4v) is 11.6. The van der Waals surface area contributed by atoms with E-state index in [4.69, 9.17) is 30.3 Å². The van der Waals surface area contributed by atoms with Crippen LogP contribution in [0.25, 0.3) is 4.85 Å². The molecule has 4 aliphatic rings. The van der Waals surface area contributed by atoms with Crippen molar-refractivity contribution in [3.63, 3.8) is 0 Å². The number of allylic oxidation sites excluding steroid dienone is 1. The van der Waals surface area contributed by atoms with Gasteiger partial charge in [0, 0.05) is 0 Å². The molecule has 338 valence electrons. The lowest BCUT2D eigenvalue weighted by atomic mass is 9.69. The molecule has 1 aliphatic heterocycles. The van der Waals surface area contributed by atoms with E-state index in [1.54, 1.807) is 36.4 Å². The number of rotatable bonds is 18. The smallest absolute Gasteiger partial charge is 0.314 e. The van der Waals surface area contributed by atoms with E-state index in [0.29, 0.717) is 76.1 Å². The van der Waals surface area contributed by atoms with E-state index in [1.165, 1.54) is 55.6 Å². The standard InChI is InChI=1S/C50H62N2O9S2/c1-5-32(3)46(53)58-30-10-8-7-9-29-57-39-23-25-40(26-24-39)59-47(54)36-19-21-38(22-20-36)49(56)61-43-28-27-42(44-45(43)63-50(62-44)41(31-51)52-4)60-48(55)37-17-15-35(16-18-37)34-13-11-33(6-2)12-14-34/h23-28,32-38H,5-22,29-30H2,1-3H3/b50-41-. The molecule has 0 N–H and O–H groups in total. The molecule has 1 heterocycles. The molecule has 11 nitrogen and oxygen atoms in total. The van der Waals surface area contributed by atoms with E-state index in [0.717, 1.165) is 69.6 Å². The molecule has 2 aromatic rings. The Morgan fingerprint density at radius 1 is 0.683 bits per heavy atom. The van der Waals surface area contributed by atoms with Gasteiger partial charge in [-0.3, -0.25) is 19.2 Å². The van der Waals surface area contributed by atoms with Crippen molar-refractivity contribution < 1.29 is 42.9 Å². The SMILES string of the molecule is [C-]#[N+]/C(C#N)=C1\Sc2c(OC(=O)C3CCC(C(=O)Oc4ccc(OCCCCCCOC(=O)C(C)CC)cc4)CC3)ccc(OC(=O)C3CCC(C4CCC(CC)CC4)CC3)c2S1. The highest BCUT2D eigenvalue weighted by molar-refractivity contribution is 8.24. The highest BCUT2D eigenvalue weighted by Crippen LogP contribution is 2.59. The zero-order valence-electron chi connectivity index (χ0n) is 37.0. The quantitative estimate of drug-likeness (QED) is 0.0462. The number of carbonyl (C=O) groups is 4. The van der Waals surface area contributed by atoms with Gasteiger partial charge < -0.3 is 23.7 Å². The number of unbranched alkanes of at least 4 members (excludes halogenated alkanes) is 3. The number of nitriles is 1. The summed E-state index contributed by atoms with van der Waals surface area (Å²) in [7, 11) is 0. The third-order valence-electron chi connectivity index (χ3n) is 13.5. The summed E-state index contributed by atoms with van der Waals surface area (Å²) in [4.78, 5) is 56.5. The number of benzene rings is 2. The molecule has 13 heteroatoms. The van der Waals surface area contributed by atoms with Gasteiger partial charge in [-0.2, -0.15) is 0 Å². The number of carbonyl (C=O) groups excluding carboxylic acids is 4. The lowest BCUT2D eigenvalue weighted by molar-refractivity contribution is -0.148. The minimum atomic E-state index is -0.422. The first-order valence-corrected chi connectivity index (χ1v) is 24.8. The summed E-state index contributed by atoms with van der Waals surface area (Å²) in [6, 6.07) is 12.2. The fraction of sp³-hybridized carbons (Fsp3) is 0.600. The fourth-order valence-electron chi connectivity index (χ4n) is 9.17. The first-order chi connectivity index (χ1) is 30.6. The Balaban J connectivity index is 0.947. The maximum absolute atomic E-state index is 13.6. The number of hydrogen-bond donors (Lipinski definition) is 0. The first kappa shape index (κ1) is 48.0. The molecule has 3 fully saturated rings. The van der Waals surface area contributed by atoms with E-state index >= 15 is 0 Å². The summed E-state index contributed by atoms with van der Waals surface area (Å²) in [6.07, 6.45) is 16.5. The molecule has 3 aliphatic carbocycles. The summed E-state index contributed by atoms with van der Waals surface area (Å²) in [6.45, 7) is 14.7. The Labute approximate surface area is 381 Å². The molecule has 6 rings (SSSR count). The van der Waals surface area contributed by atoms with Crippen LogP contribution in [0, 0.1) is 59.3 Å². The minimum Gasteiger partial charge on any atom is -0.494 e. The number of nitrogens with zero attached hydrogens (tertiary/aromatic N) is 2. The summed E-state index contributed by atoms with van der Waals surface area (Å²) in [5.74, 6) is 1.88. The predicted octanol–water partition coefficient (Wildman–Crippen LogP) is 12.3. The summed E-state index contributed by atoms with van der Waals surface area (Å²) < 4.78 is 29.3. The Morgan fingerprint density at radius 2 is 1.16 bits per heavy atom. The van der Waals surface area contributed by atoms with Gasteiger partial charge in [0.25, 0.3) is 5.70 Å². The number of fused-ring (bicyclic) bond motifs is 1. The third kappa shape index (κ3) is 13.3. The third-order valence-corrected chi connectivity index (χ3v) is 16.1. The zero-order chi connectivity index (χ0) is 44.7. The normalized spacial score (nSPS) is 24.4. The highest BCUT2D eigenvalue weighted by atomic mass is 32.2. The number of thioether (sulfide) groups is 2. The van der Waals surface area contributed by atoms with Crippen LogP contribution in [-0.2, 0) is 23.9 Å². The van der Waals surface area contributed by atoms with Gasteiger partial charge in [0.1, 0.15) is 23.0 Å². The maximum Gasteiger partial charge on any atom is 0.314 e. The van der Waals surface area contributed by atoms with Gasteiger partial charge in [-0.05, 0) is 150 Å². The Bertz CT molecular complexity index is 2000. The van der Waals surface area contributed by atoms with Crippen molar-refractivity contribution in [1.29, 1.82) is 5.26 Å². The molecular weight excluding hydrogens is 837 g/mol. The van der Waals surface area contributed by atoms with Crippen LogP contribution in [0.4, 0.5) is 0 Å². The topological polar surface area (TPSA) is 143 Å². The zero-order valence-corrected chi connectivity index (χ0v) is 38.7. The van der Waals surface area contributed by atoms with Crippen LogP contribution in [0.1, 0.15) is 136 Å². The van der Waals surface area contributed by atoms with Crippen LogP contribution in [0.5, 0.6) is 23.0 Å². The molecule has 0 aromatic heterocycles. The summed E-state index contributed by atoms with van der Waals surface area (Å²) >= 11 is 2.36. The van der Waals surface area contributed by atoms with Gasteiger partial charge in [-0.25, -0.2) is 10.1 Å². The van der Waals surface area contributed by atoms with Crippen molar-refractivity contribution in [3.8, 4) is 29.1 Å². The molecule has 0 radical (unpaired) electrons. The van der Waals surface area contributed by atoms with Gasteiger partial charge in [-0.1, -0.05) is 63.6 Å². The lowest BCUT2D eigenvalue weighted by Gasteiger charge is -2.37. The second-order valence-electron chi connectivity index (χ2n) is 17.6. The van der Waals surface area contributed by atoms with Crippen LogP contribution in [-0.4, -0.2) is 37.1 Å². The van der Waals surface area contributed by atoms with E-state index in [1.807, 2.05) is 19.9 Å². The Hall–Kier alpha value is -4.46. The van der Waals surface area contributed by atoms with E-state index in [2.05, 4.69) is 11.8 Å². The molecule has 2 aromatic carbocycles. The van der Waals surface area contributed by atoms with Crippen LogP contribution in [0.2, 0.25) is 0 Å². The number of hydrogen-bond acceptors (Lipinski definition) is 12. The molecule has 3 saturated carbocycles. The second-order valence-corrected chi connectivity index (χ2v) is 19.9. The average Bonchev–Trinajstić information content (AvgIpc) is 3.77. The molecule has 1 unspecified atom stereocenters. The van der Waals surface area contributed by atoms with Crippen molar-refractivity contribution in [2.24, 2.45) is 41.4 Å². The summed E-state index contributed by atoms with van der Waals surface area (Å²) in [5.41, 5.74) is -0.0750. The molecule has 0 amide bonds. The van der Waals surface area contributed by atoms with Gasteiger partial charge in [0.05, 0.1) is 63.6 Å². The van der Waals surface area contributed by atoms with Crippen LogP contribution < -0.4 is 18.9 Å². The van der Waals surface area contributed by atoms with Gasteiger partial charge in [-0.15, -0.1) is 0 Å². The first-order valence-electron chi connectivity index (χ1n) is 23.2. The molecule has 1 atom stereocenters. The van der Waals surface area contributed by atoms with E-state index in [-0.39, 0.29) is 47.1 Å². The van der Waals surface area contributed by atoms with E-state index < -0.39 is 11.9 Å². The maximum atomic E-state index is 13.6. The number of ether oxygens (including phenoxy) is 5. The van der Waals surface area contributed by atoms with Crippen molar-refractivity contribution in [2.45, 2.75) is 146 Å². The predicted molar refractivity (Wildman–Crippen MR) is 242 cm³/mol. The van der Waals surface area contributed by atoms with Crippen LogP contribution in [0.15, 0.2) is 56.1 Å². The molecular formula is C50H62N2O9S2. The second kappa shape index (κ2) is 24.0. The van der Waals surface area contributed by atoms with Crippen molar-refractivity contribution >= 4 is 47.4 Å². The van der Waals surface area contributed by atoms with Crippen molar-refractivity contribution in [2.75, 3.05) is 13.2 Å². The molecule has 63 heavy (non-hydrogen) atoms. The van der Waals surface area contributed by atoms with Gasteiger partial charge in [0.15, 0.2) is 0 Å². The lowest BCUT2D eigenvalue weighted by Crippen LogP contribution is -2.30. The van der Waals surface area contributed by atoms with Crippen molar-refractivity contribution in [1.82, 2.24) is 0 Å². The molecule has 0 spiro atoms. The van der Waals surface area contributed by atoms with Gasteiger partial charge in [0.2, 0.25) is 0 Å². The largest absolute Gasteiger partial charge is 0.494 e. The Morgan fingerprint density at radius 3 is 1.65 bits per heavy atom. The van der Waals surface area contributed by atoms with E-state index in [9.17, 15) is 24.4 Å². The van der Waals surface area contributed by atoms with Crippen molar-refractivity contribution in [3.05, 3.63) is 57.7 Å². The minimum absolute atomic E-state index is 0.0577. The Kier molecular flexibility index (Phi) is 18.3. The summed E-state index contributed by atoms with van der Waals surface area (Å²) in [5, 5.41) is 9.65. The van der Waals surface area contributed by atoms with Crippen LogP contribution >= 0.6 is 23.5 Å². The molecule has 0 bridgehead atoms. The van der Waals surface area contributed by atoms with Crippen LogP contribution in [0.3, 0.4) is 0 Å². The number of esters is 4. The molecule has 0 saturated heterocycles. The van der Waals surface area contributed by atoms with Gasteiger partial charge >= 0.3 is 23.9 Å². The highest BCUT2D eigenvalue weighted by Gasteiger charge is 2.37.